The van der Waals surface area contributed by atoms with Crippen LogP contribution in [0, 0.1) is 0 Å². The van der Waals surface area contributed by atoms with E-state index < -0.39 is 6.16 Å². The van der Waals surface area contributed by atoms with Gasteiger partial charge in [0.2, 0.25) is 0 Å². The monoisotopic (exact) mass is 115 g/mol. The molecule has 0 saturated carbocycles. The van der Waals surface area contributed by atoms with E-state index in [2.05, 4.69) is 0 Å². The molecule has 0 aliphatic rings. The predicted octanol–water partition coefficient (Wildman–Crippen LogP) is -3.10. The van der Waals surface area contributed by atoms with Crippen LogP contribution < -0.4 is 6.15 Å². The highest BCUT2D eigenvalue weighted by atomic mass is 16.8. The maximum Gasteiger partial charge on any atom is 0.402 e. The minimum Gasteiger partial charge on any atom is -0.412 e. The quantitative estimate of drug-likeness (QED) is 0.212. The predicted molar refractivity (Wildman–Crippen MR) is 20.2 cm³/mol. The molecule has 0 spiro atoms. The van der Waals surface area contributed by atoms with Crippen molar-refractivity contribution in [3.05, 3.63) is 0 Å². The lowest BCUT2D eigenvalue weighted by Gasteiger charge is -1.99. The molecule has 6 heteroatoms. The minimum absolute atomic E-state index is 0. The van der Waals surface area contributed by atoms with Gasteiger partial charge in [-0.25, -0.2) is 0 Å². The Morgan fingerprint density at radius 3 is 0.857 bits per heavy atom. The first kappa shape index (κ1) is 15.9. The highest BCUT2D eigenvalue weighted by Crippen LogP contribution is 1.75. The van der Waals surface area contributed by atoms with Gasteiger partial charge < -0.3 is 32.1 Å². The summed E-state index contributed by atoms with van der Waals surface area (Å²) in [6.07, 6.45) is -3.50. The number of hydrogen-bond acceptors (Lipinski definition) is 5. The average Bonchev–Trinajstić information content (AvgIpc) is 0.722. The minimum atomic E-state index is -3.50. The van der Waals surface area contributed by atoms with Crippen molar-refractivity contribution >= 4 is 0 Å². The van der Waals surface area contributed by atoms with E-state index in [9.17, 15) is 0 Å². The third-order valence-electron chi connectivity index (χ3n) is 0. The second kappa shape index (κ2) is 3.93. The molecule has 0 heterocycles. The van der Waals surface area contributed by atoms with Crippen LogP contribution in [0.4, 0.5) is 0 Å². The molecule has 7 heavy (non-hydrogen) atoms. The summed E-state index contributed by atoms with van der Waals surface area (Å²) in [5, 5.41) is 28.8. The van der Waals surface area contributed by atoms with E-state index in [1.165, 1.54) is 0 Å². The van der Waals surface area contributed by atoms with Gasteiger partial charge in [-0.15, -0.1) is 0 Å². The third-order valence-corrected chi connectivity index (χ3v) is 0. The zero-order chi connectivity index (χ0) is 4.50. The van der Waals surface area contributed by atoms with Crippen LogP contribution in [0.3, 0.4) is 0 Å². The normalized spacial score (nSPS) is 8.57. The van der Waals surface area contributed by atoms with Crippen molar-refractivity contribution < 1.29 is 25.9 Å². The molecule has 9 N–H and O–H groups in total. The maximum atomic E-state index is 7.19. The Morgan fingerprint density at radius 2 is 0.857 bits per heavy atom. The molecule has 0 aliphatic carbocycles. The second-order valence-electron chi connectivity index (χ2n) is 0.600. The van der Waals surface area contributed by atoms with Crippen molar-refractivity contribution in [1.82, 2.24) is 6.15 Å². The molecule has 0 aromatic heterocycles. The topological polar surface area (TPSA) is 147 Å². The molecule has 0 saturated heterocycles. The zero-order valence-electron chi connectivity index (χ0n) is 3.50. The molecule has 0 amide bonds. The Labute approximate surface area is 39.5 Å². The van der Waals surface area contributed by atoms with Crippen molar-refractivity contribution in [2.45, 2.75) is 6.16 Å². The van der Waals surface area contributed by atoms with E-state index in [1.54, 1.807) is 0 Å². The van der Waals surface area contributed by atoms with Crippen molar-refractivity contribution in [3.8, 4) is 0 Å². The first-order chi connectivity index (χ1) is 2.00. The molecule has 0 unspecified atom stereocenters. The molecular formula is CH9NO5. The third kappa shape index (κ3) is 1410. The SMILES string of the molecule is N.O.OC(O)(O)O. The molecular weight excluding hydrogens is 106 g/mol. The largest absolute Gasteiger partial charge is 0.412 e. The molecule has 48 valence electrons. The van der Waals surface area contributed by atoms with Crippen molar-refractivity contribution in [2.75, 3.05) is 0 Å². The molecule has 0 aliphatic heterocycles. The van der Waals surface area contributed by atoms with E-state index in [4.69, 9.17) is 20.4 Å². The van der Waals surface area contributed by atoms with Gasteiger partial charge in [0, 0.05) is 0 Å². The summed E-state index contributed by atoms with van der Waals surface area (Å²) >= 11 is 0. The van der Waals surface area contributed by atoms with Gasteiger partial charge >= 0.3 is 6.16 Å². The molecule has 6 nitrogen and oxygen atoms in total. The van der Waals surface area contributed by atoms with E-state index >= 15 is 0 Å². The Hall–Kier alpha value is -0.240. The first-order valence-corrected chi connectivity index (χ1v) is 0.894. The Balaban J connectivity index is -0.0000000800. The summed E-state index contributed by atoms with van der Waals surface area (Å²) in [4.78, 5) is 0. The van der Waals surface area contributed by atoms with Crippen LogP contribution in [0.1, 0.15) is 0 Å². The Morgan fingerprint density at radius 1 is 0.857 bits per heavy atom. The highest BCUT2D eigenvalue weighted by Gasteiger charge is 2.07. The van der Waals surface area contributed by atoms with Crippen LogP contribution in [0.15, 0.2) is 0 Å². The summed E-state index contributed by atoms with van der Waals surface area (Å²) in [7, 11) is 0. The molecule has 0 aromatic rings. The fraction of sp³-hybridized carbons (Fsp3) is 1.00. The first-order valence-electron chi connectivity index (χ1n) is 0.894. The smallest absolute Gasteiger partial charge is 0.402 e. The van der Waals surface area contributed by atoms with Crippen molar-refractivity contribution in [3.63, 3.8) is 0 Å². The number of hydrogen-bond donors (Lipinski definition) is 5. The van der Waals surface area contributed by atoms with Gasteiger partial charge in [0.15, 0.2) is 0 Å². The van der Waals surface area contributed by atoms with Crippen LogP contribution >= 0.6 is 0 Å². The van der Waals surface area contributed by atoms with Crippen molar-refractivity contribution in [2.24, 2.45) is 0 Å². The van der Waals surface area contributed by atoms with Crippen LogP contribution in [-0.2, 0) is 0 Å². The molecule has 0 atom stereocenters. The van der Waals surface area contributed by atoms with Crippen molar-refractivity contribution in [1.29, 1.82) is 0 Å². The van der Waals surface area contributed by atoms with E-state index in [-0.39, 0.29) is 11.6 Å². The second-order valence-corrected chi connectivity index (χ2v) is 0.600. The van der Waals surface area contributed by atoms with Gasteiger partial charge in [-0.1, -0.05) is 0 Å². The zero-order valence-corrected chi connectivity index (χ0v) is 3.50. The van der Waals surface area contributed by atoms with E-state index in [0.717, 1.165) is 0 Å². The molecule has 0 radical (unpaired) electrons. The summed E-state index contributed by atoms with van der Waals surface area (Å²) in [5.41, 5.74) is 0. The summed E-state index contributed by atoms with van der Waals surface area (Å²) < 4.78 is 0. The fourth-order valence-corrected chi connectivity index (χ4v) is 0. The van der Waals surface area contributed by atoms with Gasteiger partial charge in [0.25, 0.3) is 0 Å². The van der Waals surface area contributed by atoms with Crippen LogP contribution in [0.5, 0.6) is 0 Å². The van der Waals surface area contributed by atoms with Gasteiger partial charge in [0.05, 0.1) is 0 Å². The van der Waals surface area contributed by atoms with Gasteiger partial charge in [-0.2, -0.15) is 0 Å². The van der Waals surface area contributed by atoms with E-state index in [1.807, 2.05) is 0 Å². The average molecular weight is 115 g/mol. The summed E-state index contributed by atoms with van der Waals surface area (Å²) in [5.74, 6) is 0. The number of rotatable bonds is 0. The van der Waals surface area contributed by atoms with Crippen LogP contribution in [0.25, 0.3) is 0 Å². The molecule has 0 aromatic carbocycles. The molecule has 0 rings (SSSR count). The molecule has 0 fully saturated rings. The van der Waals surface area contributed by atoms with E-state index in [0.29, 0.717) is 0 Å². The lowest BCUT2D eigenvalue weighted by molar-refractivity contribution is -0.436. The Kier molecular flexibility index (Phi) is 8.91. The van der Waals surface area contributed by atoms with Crippen LogP contribution in [-0.4, -0.2) is 32.1 Å². The Bertz CT molecular complexity index is 23.6. The van der Waals surface area contributed by atoms with Crippen LogP contribution in [0.2, 0.25) is 0 Å². The summed E-state index contributed by atoms with van der Waals surface area (Å²) in [6.45, 7) is 0. The fourth-order valence-electron chi connectivity index (χ4n) is 0. The van der Waals surface area contributed by atoms with Gasteiger partial charge in [-0.05, 0) is 0 Å². The maximum absolute atomic E-state index is 7.19. The highest BCUT2D eigenvalue weighted by molar-refractivity contribution is 3.99. The lowest BCUT2D eigenvalue weighted by Crippen LogP contribution is -2.25. The summed E-state index contributed by atoms with van der Waals surface area (Å²) in [6, 6.07) is 0. The lowest BCUT2D eigenvalue weighted by atomic mass is 11.2. The van der Waals surface area contributed by atoms with Gasteiger partial charge in [-0.3, -0.25) is 0 Å². The molecule has 0 bridgehead atoms. The number of aliphatic hydroxyl groups is 4. The van der Waals surface area contributed by atoms with Gasteiger partial charge in [0.1, 0.15) is 0 Å². The standard InChI is InChI=1S/CH4O4.H3N.H2O/c2-1(3,4)5;;/h2-5H;1H3;1H2.